The van der Waals surface area contributed by atoms with Gasteiger partial charge < -0.3 is 9.47 Å². The SMILES string of the molecule is CCC(=O)OC1CCCCC1c1ccc(OCc2ccccc2)cc1. The molecule has 0 spiro atoms. The first-order valence-corrected chi connectivity index (χ1v) is 9.22. The number of ether oxygens (including phenoxy) is 2. The van der Waals surface area contributed by atoms with Gasteiger partial charge in [0, 0.05) is 12.3 Å². The van der Waals surface area contributed by atoms with Crippen LogP contribution in [-0.4, -0.2) is 12.1 Å². The van der Waals surface area contributed by atoms with E-state index in [2.05, 4.69) is 24.3 Å². The molecular formula is C22H26O3. The van der Waals surface area contributed by atoms with E-state index in [1.165, 1.54) is 12.0 Å². The van der Waals surface area contributed by atoms with Gasteiger partial charge in [-0.2, -0.15) is 0 Å². The maximum absolute atomic E-state index is 11.7. The minimum absolute atomic E-state index is 0.0114. The topological polar surface area (TPSA) is 35.5 Å². The molecule has 1 fully saturated rings. The van der Waals surface area contributed by atoms with Crippen molar-refractivity contribution in [3.8, 4) is 5.75 Å². The van der Waals surface area contributed by atoms with Crippen LogP contribution in [0, 0.1) is 0 Å². The van der Waals surface area contributed by atoms with Gasteiger partial charge in [0.25, 0.3) is 0 Å². The summed E-state index contributed by atoms with van der Waals surface area (Å²) in [6, 6.07) is 18.4. The van der Waals surface area contributed by atoms with E-state index >= 15 is 0 Å². The summed E-state index contributed by atoms with van der Waals surface area (Å²) in [5.41, 5.74) is 2.39. The molecule has 2 unspecified atom stereocenters. The average Bonchev–Trinajstić information content (AvgIpc) is 2.68. The van der Waals surface area contributed by atoms with Crippen LogP contribution in [0.4, 0.5) is 0 Å². The largest absolute Gasteiger partial charge is 0.489 e. The highest BCUT2D eigenvalue weighted by molar-refractivity contribution is 5.69. The van der Waals surface area contributed by atoms with Crippen LogP contribution < -0.4 is 4.74 Å². The zero-order valence-corrected chi connectivity index (χ0v) is 14.8. The van der Waals surface area contributed by atoms with Gasteiger partial charge in [0.15, 0.2) is 0 Å². The van der Waals surface area contributed by atoms with Gasteiger partial charge in [-0.05, 0) is 42.5 Å². The number of benzene rings is 2. The molecule has 3 heteroatoms. The highest BCUT2D eigenvalue weighted by atomic mass is 16.5. The van der Waals surface area contributed by atoms with Crippen LogP contribution in [0.25, 0.3) is 0 Å². The van der Waals surface area contributed by atoms with E-state index in [9.17, 15) is 4.79 Å². The molecule has 1 aliphatic carbocycles. The average molecular weight is 338 g/mol. The van der Waals surface area contributed by atoms with Crippen molar-refractivity contribution in [1.29, 1.82) is 0 Å². The summed E-state index contributed by atoms with van der Waals surface area (Å²) < 4.78 is 11.5. The summed E-state index contributed by atoms with van der Waals surface area (Å²) in [4.78, 5) is 11.7. The van der Waals surface area contributed by atoms with Gasteiger partial charge in [0.05, 0.1) is 0 Å². The first-order chi connectivity index (χ1) is 12.3. The Balaban J connectivity index is 1.62. The lowest BCUT2D eigenvalue weighted by Crippen LogP contribution is -2.28. The number of esters is 1. The lowest BCUT2D eigenvalue weighted by Gasteiger charge is -2.31. The second-order valence-electron chi connectivity index (χ2n) is 6.62. The van der Waals surface area contributed by atoms with E-state index in [4.69, 9.17) is 9.47 Å². The molecule has 1 saturated carbocycles. The van der Waals surface area contributed by atoms with Crippen molar-refractivity contribution < 1.29 is 14.3 Å². The fourth-order valence-electron chi connectivity index (χ4n) is 3.42. The Kier molecular flexibility index (Phi) is 6.10. The molecule has 3 rings (SSSR count). The molecule has 1 aliphatic rings. The highest BCUT2D eigenvalue weighted by Gasteiger charge is 2.29. The minimum atomic E-state index is -0.0975. The van der Waals surface area contributed by atoms with E-state index in [1.807, 2.05) is 37.3 Å². The molecule has 0 saturated heterocycles. The van der Waals surface area contributed by atoms with Gasteiger partial charge in [-0.3, -0.25) is 4.79 Å². The van der Waals surface area contributed by atoms with Crippen LogP contribution in [0.3, 0.4) is 0 Å². The van der Waals surface area contributed by atoms with Gasteiger partial charge in [0.2, 0.25) is 0 Å². The quantitative estimate of drug-likeness (QED) is 0.675. The smallest absolute Gasteiger partial charge is 0.305 e. The van der Waals surface area contributed by atoms with E-state index in [-0.39, 0.29) is 12.1 Å². The van der Waals surface area contributed by atoms with Gasteiger partial charge in [-0.15, -0.1) is 0 Å². The molecule has 0 heterocycles. The van der Waals surface area contributed by atoms with Crippen LogP contribution in [0.5, 0.6) is 5.75 Å². The van der Waals surface area contributed by atoms with Crippen LogP contribution >= 0.6 is 0 Å². The molecule has 25 heavy (non-hydrogen) atoms. The van der Waals surface area contributed by atoms with Crippen LogP contribution in [-0.2, 0) is 16.1 Å². The molecule has 132 valence electrons. The van der Waals surface area contributed by atoms with E-state index < -0.39 is 0 Å². The molecule has 0 amide bonds. The monoisotopic (exact) mass is 338 g/mol. The zero-order chi connectivity index (χ0) is 17.5. The normalized spacial score (nSPS) is 20.0. The summed E-state index contributed by atoms with van der Waals surface area (Å²) in [6.45, 7) is 2.42. The molecule has 0 aliphatic heterocycles. The molecule has 2 atom stereocenters. The minimum Gasteiger partial charge on any atom is -0.489 e. The summed E-state index contributed by atoms with van der Waals surface area (Å²) in [5.74, 6) is 1.07. The number of carbonyl (C=O) groups is 1. The van der Waals surface area contributed by atoms with Crippen LogP contribution in [0.15, 0.2) is 54.6 Å². The third kappa shape index (κ3) is 4.85. The standard InChI is InChI=1S/C22H26O3/c1-2-22(23)25-21-11-7-6-10-20(21)18-12-14-19(15-13-18)24-16-17-8-4-3-5-9-17/h3-5,8-9,12-15,20-21H,2,6-7,10-11,16H2,1H3. The second-order valence-corrected chi connectivity index (χ2v) is 6.62. The third-order valence-electron chi connectivity index (χ3n) is 4.83. The fourth-order valence-corrected chi connectivity index (χ4v) is 3.42. The maximum Gasteiger partial charge on any atom is 0.305 e. The molecule has 2 aromatic carbocycles. The summed E-state index contributed by atoms with van der Waals surface area (Å²) in [6.07, 6.45) is 4.81. The lowest BCUT2D eigenvalue weighted by atomic mass is 9.81. The molecule has 2 aromatic rings. The number of hydrogen-bond acceptors (Lipinski definition) is 3. The van der Waals surface area contributed by atoms with Crippen LogP contribution in [0.2, 0.25) is 0 Å². The molecule has 3 nitrogen and oxygen atoms in total. The summed E-state index contributed by atoms with van der Waals surface area (Å²) >= 11 is 0. The van der Waals surface area contributed by atoms with Crippen molar-refractivity contribution in [3.63, 3.8) is 0 Å². The van der Waals surface area contributed by atoms with Crippen molar-refractivity contribution in [3.05, 3.63) is 65.7 Å². The summed E-state index contributed by atoms with van der Waals surface area (Å²) in [5, 5.41) is 0. The third-order valence-corrected chi connectivity index (χ3v) is 4.83. The van der Waals surface area contributed by atoms with Gasteiger partial charge in [-0.25, -0.2) is 0 Å². The van der Waals surface area contributed by atoms with Crippen molar-refractivity contribution in [2.24, 2.45) is 0 Å². The van der Waals surface area contributed by atoms with E-state index in [1.54, 1.807) is 0 Å². The van der Waals surface area contributed by atoms with Crippen molar-refractivity contribution in [1.82, 2.24) is 0 Å². The number of carbonyl (C=O) groups excluding carboxylic acids is 1. The number of rotatable bonds is 6. The Morgan fingerprint density at radius 3 is 2.44 bits per heavy atom. The first-order valence-electron chi connectivity index (χ1n) is 9.22. The Labute approximate surface area is 150 Å². The van der Waals surface area contributed by atoms with E-state index in [0.29, 0.717) is 18.9 Å². The van der Waals surface area contributed by atoms with Crippen molar-refractivity contribution in [2.45, 2.75) is 57.7 Å². The van der Waals surface area contributed by atoms with Crippen molar-refractivity contribution >= 4 is 5.97 Å². The Bertz CT molecular complexity index is 663. The van der Waals surface area contributed by atoms with Crippen LogP contribution in [0.1, 0.15) is 56.1 Å². The first kappa shape index (κ1) is 17.5. The lowest BCUT2D eigenvalue weighted by molar-refractivity contribution is -0.151. The second kappa shape index (κ2) is 8.70. The summed E-state index contributed by atoms with van der Waals surface area (Å²) in [7, 11) is 0. The molecule has 0 aromatic heterocycles. The predicted molar refractivity (Wildman–Crippen MR) is 98.6 cm³/mol. The van der Waals surface area contributed by atoms with Gasteiger partial charge >= 0.3 is 5.97 Å². The predicted octanol–water partition coefficient (Wildman–Crippen LogP) is 5.25. The Hall–Kier alpha value is -2.29. The van der Waals surface area contributed by atoms with Gasteiger partial charge in [0.1, 0.15) is 18.5 Å². The Morgan fingerprint density at radius 1 is 1.00 bits per heavy atom. The molecule has 0 N–H and O–H groups in total. The van der Waals surface area contributed by atoms with Crippen molar-refractivity contribution in [2.75, 3.05) is 0 Å². The molecular weight excluding hydrogens is 312 g/mol. The molecule has 0 bridgehead atoms. The fraction of sp³-hybridized carbons (Fsp3) is 0.409. The molecule has 0 radical (unpaired) electrons. The Morgan fingerprint density at radius 2 is 1.72 bits per heavy atom. The maximum atomic E-state index is 11.7. The number of hydrogen-bond donors (Lipinski definition) is 0. The van der Waals surface area contributed by atoms with E-state index in [0.717, 1.165) is 30.6 Å². The highest BCUT2D eigenvalue weighted by Crippen LogP contribution is 2.36. The zero-order valence-electron chi connectivity index (χ0n) is 14.8. The van der Waals surface area contributed by atoms with Gasteiger partial charge in [-0.1, -0.05) is 55.8 Å².